The second kappa shape index (κ2) is 5.52. The van der Waals surface area contributed by atoms with Crippen molar-refractivity contribution in [1.29, 1.82) is 0 Å². The Bertz CT molecular complexity index is 791. The number of aliphatic hydroxyl groups excluding tert-OH is 1. The molecule has 0 spiro atoms. The fourth-order valence-electron chi connectivity index (χ4n) is 3.47. The van der Waals surface area contributed by atoms with Crippen LogP contribution in [0.5, 0.6) is 11.5 Å². The molecule has 7 heteroatoms. The Hall–Kier alpha value is -2.54. The van der Waals surface area contributed by atoms with Gasteiger partial charge in [-0.25, -0.2) is 0 Å². The van der Waals surface area contributed by atoms with Crippen molar-refractivity contribution in [3.05, 3.63) is 33.8 Å². The smallest absolute Gasteiger partial charge is 0.236 e. The number of ether oxygens (including phenoxy) is 3. The maximum absolute atomic E-state index is 12.7. The molecule has 7 nitrogen and oxygen atoms in total. The van der Waals surface area contributed by atoms with Gasteiger partial charge in [0.25, 0.3) is 0 Å². The summed E-state index contributed by atoms with van der Waals surface area (Å²) in [6.45, 7) is 3.61. The van der Waals surface area contributed by atoms with Gasteiger partial charge in [0.05, 0.1) is 37.6 Å². The number of carbonyl (C=O) groups excluding carboxylic acids is 2. The number of ketones is 2. The summed E-state index contributed by atoms with van der Waals surface area (Å²) < 4.78 is 16.0. The topological polar surface area (TPSA) is 102 Å². The van der Waals surface area contributed by atoms with Crippen molar-refractivity contribution in [2.75, 3.05) is 14.2 Å². The summed E-state index contributed by atoms with van der Waals surface area (Å²) >= 11 is 0. The molecule has 1 aliphatic carbocycles. The first-order chi connectivity index (χ1) is 11.3. The van der Waals surface area contributed by atoms with Gasteiger partial charge in [0.1, 0.15) is 11.5 Å². The average molecular weight is 334 g/mol. The lowest BCUT2D eigenvalue weighted by Crippen LogP contribution is -2.29. The molecule has 2 N–H and O–H groups in total. The van der Waals surface area contributed by atoms with E-state index in [0.29, 0.717) is 17.5 Å². The maximum atomic E-state index is 12.7. The van der Waals surface area contributed by atoms with Crippen LogP contribution < -0.4 is 4.74 Å². The third kappa shape index (κ3) is 2.01. The number of aliphatic hydroxyl groups is 1. The van der Waals surface area contributed by atoms with Gasteiger partial charge < -0.3 is 24.4 Å². The van der Waals surface area contributed by atoms with E-state index >= 15 is 0 Å². The van der Waals surface area contributed by atoms with Crippen LogP contribution in [0.3, 0.4) is 0 Å². The largest absolute Gasteiger partial charge is 0.507 e. The molecule has 2 aliphatic rings. The van der Waals surface area contributed by atoms with Crippen LogP contribution in [0.4, 0.5) is 0 Å². The van der Waals surface area contributed by atoms with Gasteiger partial charge in [0, 0.05) is 17.5 Å². The van der Waals surface area contributed by atoms with Gasteiger partial charge in [0.2, 0.25) is 23.1 Å². The maximum Gasteiger partial charge on any atom is 0.236 e. The average Bonchev–Trinajstić information content (AvgIpc) is 2.52. The van der Waals surface area contributed by atoms with E-state index in [2.05, 4.69) is 0 Å². The lowest BCUT2D eigenvalue weighted by atomic mass is 9.82. The first kappa shape index (κ1) is 16.3. The van der Waals surface area contributed by atoms with E-state index in [4.69, 9.17) is 14.2 Å². The normalized spacial score (nSPS) is 23.0. The summed E-state index contributed by atoms with van der Waals surface area (Å²) in [4.78, 5) is 25.1. The number of hydrogen-bond acceptors (Lipinski definition) is 7. The molecule has 1 aliphatic heterocycles. The number of carbonyl (C=O) groups is 2. The number of phenolic OH excluding ortho intramolecular Hbond substituents is 1. The van der Waals surface area contributed by atoms with Crippen molar-refractivity contribution >= 4 is 11.6 Å². The fourth-order valence-corrected chi connectivity index (χ4v) is 3.47. The summed E-state index contributed by atoms with van der Waals surface area (Å²) in [6.07, 6.45) is -0.205. The zero-order valence-corrected chi connectivity index (χ0v) is 13.8. The molecule has 24 heavy (non-hydrogen) atoms. The Morgan fingerprint density at radius 1 is 1.04 bits per heavy atom. The van der Waals surface area contributed by atoms with Crippen LogP contribution in [0, 0.1) is 0 Å². The predicted molar refractivity (Wildman–Crippen MR) is 82.6 cm³/mol. The van der Waals surface area contributed by atoms with Crippen molar-refractivity contribution in [2.24, 2.45) is 0 Å². The highest BCUT2D eigenvalue weighted by Crippen LogP contribution is 2.48. The number of Topliss-reactive ketones (excluding diaryl/α,β-unsaturated/α-hetero) is 2. The van der Waals surface area contributed by atoms with Gasteiger partial charge in [-0.1, -0.05) is 0 Å². The van der Waals surface area contributed by atoms with Crippen LogP contribution in [0.1, 0.15) is 51.8 Å². The minimum atomic E-state index is -0.883. The van der Waals surface area contributed by atoms with Crippen LogP contribution in [-0.4, -0.2) is 42.1 Å². The number of aromatic hydroxyl groups is 1. The van der Waals surface area contributed by atoms with Crippen molar-refractivity contribution < 1.29 is 34.0 Å². The van der Waals surface area contributed by atoms with Crippen LogP contribution >= 0.6 is 0 Å². The Labute approximate surface area is 138 Å². The fraction of sp³-hybridized carbons (Fsp3) is 0.412. The number of hydrogen-bond donors (Lipinski definition) is 2. The lowest BCUT2D eigenvalue weighted by Gasteiger charge is -2.32. The highest BCUT2D eigenvalue weighted by molar-refractivity contribution is 6.27. The molecule has 1 aromatic carbocycles. The summed E-state index contributed by atoms with van der Waals surface area (Å²) in [6, 6.07) is 0. The van der Waals surface area contributed by atoms with Crippen LogP contribution in [0.25, 0.3) is 0 Å². The van der Waals surface area contributed by atoms with Crippen molar-refractivity contribution in [3.63, 3.8) is 0 Å². The molecule has 0 radical (unpaired) electrons. The van der Waals surface area contributed by atoms with E-state index in [0.717, 1.165) is 0 Å². The molecule has 0 saturated heterocycles. The highest BCUT2D eigenvalue weighted by atomic mass is 16.5. The van der Waals surface area contributed by atoms with Gasteiger partial charge in [0.15, 0.2) is 0 Å². The standard InChI is InChI=1S/C17H18O7/c1-6-5-8-9(7(2)24-6)12(18)10-11(16(8)22-3)14(20)17(23-4)15(21)13(10)19/h6-7,18,21H,5H2,1-4H3/t6-,7+/m1/s1. The van der Waals surface area contributed by atoms with E-state index < -0.39 is 29.2 Å². The van der Waals surface area contributed by atoms with Crippen LogP contribution in [0.2, 0.25) is 0 Å². The van der Waals surface area contributed by atoms with E-state index in [-0.39, 0.29) is 28.7 Å². The molecule has 0 bridgehead atoms. The molecule has 0 unspecified atom stereocenters. The number of phenols is 1. The Morgan fingerprint density at radius 2 is 1.71 bits per heavy atom. The third-order valence-corrected chi connectivity index (χ3v) is 4.40. The van der Waals surface area contributed by atoms with Crippen molar-refractivity contribution in [2.45, 2.75) is 32.5 Å². The second-order valence-corrected chi connectivity index (χ2v) is 5.86. The Balaban J connectivity index is 2.40. The Morgan fingerprint density at radius 3 is 2.29 bits per heavy atom. The number of allylic oxidation sites excluding steroid dienone is 2. The Kier molecular flexibility index (Phi) is 3.76. The summed E-state index contributed by atoms with van der Waals surface area (Å²) in [5, 5.41) is 20.6. The van der Waals surface area contributed by atoms with Crippen LogP contribution in [0.15, 0.2) is 11.5 Å². The van der Waals surface area contributed by atoms with Crippen molar-refractivity contribution in [1.82, 2.24) is 0 Å². The minimum Gasteiger partial charge on any atom is -0.507 e. The zero-order valence-electron chi connectivity index (χ0n) is 13.8. The molecule has 1 heterocycles. The van der Waals surface area contributed by atoms with Gasteiger partial charge in [-0.05, 0) is 13.8 Å². The summed E-state index contributed by atoms with van der Waals surface area (Å²) in [5.41, 5.74) is 0.658. The molecule has 128 valence electrons. The minimum absolute atomic E-state index is 0.0882. The predicted octanol–water partition coefficient (Wildman–Crippen LogP) is 2.22. The lowest BCUT2D eigenvalue weighted by molar-refractivity contribution is -0.00678. The van der Waals surface area contributed by atoms with E-state index in [9.17, 15) is 19.8 Å². The van der Waals surface area contributed by atoms with Gasteiger partial charge in [-0.2, -0.15) is 0 Å². The van der Waals surface area contributed by atoms with Crippen molar-refractivity contribution in [3.8, 4) is 11.5 Å². The molecular formula is C17H18O7. The van der Waals surface area contributed by atoms with Crippen LogP contribution in [-0.2, 0) is 15.9 Å². The monoisotopic (exact) mass is 334 g/mol. The van der Waals surface area contributed by atoms with E-state index in [1.807, 2.05) is 6.92 Å². The van der Waals surface area contributed by atoms with Gasteiger partial charge in [-0.15, -0.1) is 0 Å². The first-order valence-electron chi connectivity index (χ1n) is 7.51. The van der Waals surface area contributed by atoms with Gasteiger partial charge in [-0.3, -0.25) is 9.59 Å². The molecule has 0 amide bonds. The number of fused-ring (bicyclic) bond motifs is 2. The van der Waals surface area contributed by atoms with E-state index in [1.54, 1.807) is 6.92 Å². The van der Waals surface area contributed by atoms with E-state index in [1.165, 1.54) is 14.2 Å². The molecule has 1 aromatic rings. The molecule has 3 rings (SSSR count). The number of methoxy groups -OCH3 is 2. The second-order valence-electron chi connectivity index (χ2n) is 5.86. The molecular weight excluding hydrogens is 316 g/mol. The zero-order chi connectivity index (χ0) is 17.8. The molecule has 0 aromatic heterocycles. The number of benzene rings is 1. The molecule has 0 saturated carbocycles. The van der Waals surface area contributed by atoms with Gasteiger partial charge >= 0.3 is 0 Å². The quantitative estimate of drug-likeness (QED) is 0.855. The summed E-state index contributed by atoms with van der Waals surface area (Å²) in [7, 11) is 2.57. The summed E-state index contributed by atoms with van der Waals surface area (Å²) in [5.74, 6) is -3.03. The first-order valence-corrected chi connectivity index (χ1v) is 7.51. The number of rotatable bonds is 2. The SMILES string of the molecule is COC1=C(O)C(=O)c2c(O)c3c(c(OC)c2C1=O)C[C@@H](C)O[C@H]3C. The highest BCUT2D eigenvalue weighted by Gasteiger charge is 2.42. The third-order valence-electron chi connectivity index (χ3n) is 4.40. The molecule has 2 atom stereocenters. The molecule has 0 fully saturated rings.